The molecule has 0 atom stereocenters. The number of benzene rings is 1. The summed E-state index contributed by atoms with van der Waals surface area (Å²) in [6, 6.07) is 8.15. The minimum Gasteiger partial charge on any atom is -1.00 e. The zero-order valence-electron chi connectivity index (χ0n) is 8.84. The average molecular weight is 226 g/mol. The zero-order chi connectivity index (χ0) is 7.56. The predicted molar refractivity (Wildman–Crippen MR) is 56.4 cm³/mol. The first-order valence-corrected chi connectivity index (χ1v) is 3.93. The van der Waals surface area contributed by atoms with Crippen molar-refractivity contribution >= 4 is 44.7 Å². The van der Waals surface area contributed by atoms with E-state index in [0.717, 1.165) is 4.47 Å². The molecule has 0 fully saturated rings. The number of rotatable bonds is 1. The molecule has 0 aliphatic carbocycles. The van der Waals surface area contributed by atoms with Crippen molar-refractivity contribution in [1.82, 2.24) is 0 Å². The number of anilines is 1. The van der Waals surface area contributed by atoms with Gasteiger partial charge in [0.2, 0.25) is 0 Å². The van der Waals surface area contributed by atoms with E-state index in [4.69, 9.17) is 0 Å². The average Bonchev–Trinajstić information content (AvgIpc) is 1.88. The Bertz CT molecular complexity index is 233. The van der Waals surface area contributed by atoms with Crippen molar-refractivity contribution < 1.29 is 2.85 Å². The van der Waals surface area contributed by atoms with Crippen LogP contribution < -0.4 is 4.90 Å². The van der Waals surface area contributed by atoms with Gasteiger partial charge < -0.3 is 7.75 Å². The Labute approximate surface area is 95.0 Å². The largest absolute Gasteiger partial charge is 2.00 e. The third-order valence-electron chi connectivity index (χ3n) is 1.33. The van der Waals surface area contributed by atoms with Crippen molar-refractivity contribution in [3.05, 3.63) is 28.7 Å². The number of hydrogen-bond donors (Lipinski definition) is 0. The summed E-state index contributed by atoms with van der Waals surface area (Å²) in [5.41, 5.74) is 1.21. The second-order valence-electron chi connectivity index (χ2n) is 2.35. The molecule has 58 valence electrons. The van der Waals surface area contributed by atoms with E-state index in [2.05, 4.69) is 26.9 Å². The molecule has 1 nitrogen and oxygen atoms in total. The van der Waals surface area contributed by atoms with E-state index >= 15 is 0 Å². The van der Waals surface area contributed by atoms with Crippen LogP contribution in [0.1, 0.15) is 2.85 Å². The summed E-state index contributed by atoms with van der Waals surface area (Å²) in [6.45, 7) is 0. The minimum atomic E-state index is 0. The van der Waals surface area contributed by atoms with Crippen molar-refractivity contribution in [1.29, 1.82) is 0 Å². The van der Waals surface area contributed by atoms with Gasteiger partial charge >= 0.3 is 23.1 Å². The molecule has 1 rings (SSSR count). The predicted octanol–water partition coefficient (Wildman–Crippen LogP) is 2.36. The van der Waals surface area contributed by atoms with E-state index in [-0.39, 0.29) is 25.9 Å². The number of nitrogens with zero attached hydrogens (tertiary/aromatic N) is 1. The topological polar surface area (TPSA) is 3.24 Å². The Morgan fingerprint density at radius 3 is 2.18 bits per heavy atom. The second-order valence-corrected chi connectivity index (χ2v) is 3.20. The molecule has 11 heavy (non-hydrogen) atoms. The summed E-state index contributed by atoms with van der Waals surface area (Å²) in [4.78, 5) is 2.07. The first kappa shape index (κ1) is 11.3. The van der Waals surface area contributed by atoms with Gasteiger partial charge in [-0.05, 0) is 28.1 Å². The quantitative estimate of drug-likeness (QED) is 0.665. The van der Waals surface area contributed by atoms with Crippen LogP contribution in [0.5, 0.6) is 0 Å². The zero-order valence-corrected chi connectivity index (χ0v) is 9.84. The third-order valence-corrected chi connectivity index (χ3v) is 2.00. The molecule has 0 bridgehead atoms. The van der Waals surface area contributed by atoms with Crippen molar-refractivity contribution in [2.75, 3.05) is 19.0 Å². The molecule has 0 aromatic heterocycles. The molecule has 1 aromatic rings. The van der Waals surface area contributed by atoms with Crippen LogP contribution in [0.25, 0.3) is 0 Å². The standard InChI is InChI=1S/C8H10BrN.Mg.2H/c1-10(2)8-6-4-3-5-7(8)9;;;/h3-6H,1-2H3;;;/q;+2;2*-1. The number of para-hydroxylation sites is 1. The summed E-state index contributed by atoms with van der Waals surface area (Å²) >= 11 is 3.46. The van der Waals surface area contributed by atoms with E-state index in [9.17, 15) is 0 Å². The molecule has 3 heteroatoms. The van der Waals surface area contributed by atoms with Crippen LogP contribution in [0, 0.1) is 0 Å². The summed E-state index contributed by atoms with van der Waals surface area (Å²) in [7, 11) is 4.06. The van der Waals surface area contributed by atoms with E-state index in [0.29, 0.717) is 0 Å². The van der Waals surface area contributed by atoms with Crippen molar-refractivity contribution in [3.8, 4) is 0 Å². The molecule has 0 saturated heterocycles. The molecule has 0 aliphatic rings. The van der Waals surface area contributed by atoms with Crippen LogP contribution in [-0.4, -0.2) is 37.1 Å². The van der Waals surface area contributed by atoms with Gasteiger partial charge in [0, 0.05) is 18.6 Å². The molecule has 0 saturated carbocycles. The van der Waals surface area contributed by atoms with Crippen LogP contribution in [0.4, 0.5) is 5.69 Å². The Morgan fingerprint density at radius 2 is 1.82 bits per heavy atom. The summed E-state index contributed by atoms with van der Waals surface area (Å²) < 4.78 is 1.14. The van der Waals surface area contributed by atoms with Crippen molar-refractivity contribution in [2.24, 2.45) is 0 Å². The summed E-state index contributed by atoms with van der Waals surface area (Å²) in [5.74, 6) is 0. The first-order valence-electron chi connectivity index (χ1n) is 3.13. The molecular formula is C8H12BrMgN. The Hall–Kier alpha value is 0.266. The Morgan fingerprint density at radius 1 is 1.27 bits per heavy atom. The van der Waals surface area contributed by atoms with Gasteiger partial charge in [0.25, 0.3) is 0 Å². The fourth-order valence-electron chi connectivity index (χ4n) is 0.814. The maximum atomic E-state index is 3.46. The molecule has 0 unspecified atom stereocenters. The van der Waals surface area contributed by atoms with Gasteiger partial charge in [-0.15, -0.1) is 0 Å². The smallest absolute Gasteiger partial charge is 1.00 e. The van der Waals surface area contributed by atoms with Gasteiger partial charge in [-0.2, -0.15) is 0 Å². The van der Waals surface area contributed by atoms with Crippen molar-refractivity contribution in [3.63, 3.8) is 0 Å². The van der Waals surface area contributed by atoms with Gasteiger partial charge in [0.15, 0.2) is 0 Å². The van der Waals surface area contributed by atoms with E-state index in [1.54, 1.807) is 0 Å². The summed E-state index contributed by atoms with van der Waals surface area (Å²) in [6.07, 6.45) is 0. The Balaban J connectivity index is -0.000000333. The monoisotopic (exact) mass is 225 g/mol. The molecular weight excluding hydrogens is 214 g/mol. The molecule has 0 spiro atoms. The third kappa shape index (κ3) is 3.01. The maximum Gasteiger partial charge on any atom is 2.00 e. The van der Waals surface area contributed by atoms with Crippen molar-refractivity contribution in [2.45, 2.75) is 0 Å². The molecule has 0 aliphatic heterocycles. The van der Waals surface area contributed by atoms with Crippen LogP contribution in [-0.2, 0) is 0 Å². The van der Waals surface area contributed by atoms with E-state index in [1.807, 2.05) is 32.3 Å². The van der Waals surface area contributed by atoms with E-state index in [1.165, 1.54) is 5.69 Å². The van der Waals surface area contributed by atoms with Crippen LogP contribution in [0.2, 0.25) is 0 Å². The maximum absolute atomic E-state index is 3.46. The molecule has 0 radical (unpaired) electrons. The fourth-order valence-corrected chi connectivity index (χ4v) is 1.45. The molecule has 0 N–H and O–H groups in total. The van der Waals surface area contributed by atoms with Gasteiger partial charge in [-0.3, -0.25) is 0 Å². The minimum absolute atomic E-state index is 0. The fraction of sp³-hybridized carbons (Fsp3) is 0.250. The second kappa shape index (κ2) is 5.01. The Kier molecular flexibility index (Phi) is 5.13. The molecule has 0 amide bonds. The number of halogens is 1. The molecule has 0 heterocycles. The normalized spacial score (nSPS) is 8.64. The van der Waals surface area contributed by atoms with Gasteiger partial charge in [0.05, 0.1) is 5.69 Å². The number of hydrogen-bond acceptors (Lipinski definition) is 1. The van der Waals surface area contributed by atoms with Gasteiger partial charge in [-0.1, -0.05) is 12.1 Å². The van der Waals surface area contributed by atoms with Crippen LogP contribution in [0.15, 0.2) is 28.7 Å². The van der Waals surface area contributed by atoms with Crippen LogP contribution >= 0.6 is 15.9 Å². The van der Waals surface area contributed by atoms with E-state index < -0.39 is 0 Å². The summed E-state index contributed by atoms with van der Waals surface area (Å²) in [5, 5.41) is 0. The first-order chi connectivity index (χ1) is 4.72. The molecule has 1 aromatic carbocycles. The SMILES string of the molecule is CN(C)c1ccccc1Br.[H-].[H-].[Mg+2]. The van der Waals surface area contributed by atoms with Gasteiger partial charge in [-0.25, -0.2) is 0 Å². The van der Waals surface area contributed by atoms with Gasteiger partial charge in [0.1, 0.15) is 0 Å². The van der Waals surface area contributed by atoms with Crippen LogP contribution in [0.3, 0.4) is 0 Å².